The highest BCUT2D eigenvalue weighted by molar-refractivity contribution is 5.80. The third-order valence-corrected chi connectivity index (χ3v) is 2.60. The van der Waals surface area contributed by atoms with Crippen molar-refractivity contribution in [1.29, 1.82) is 0 Å². The van der Waals surface area contributed by atoms with E-state index >= 15 is 0 Å². The van der Waals surface area contributed by atoms with E-state index in [1.165, 1.54) is 42.6 Å². The number of anilines is 1. The maximum absolute atomic E-state index is 12.0. The van der Waals surface area contributed by atoms with Gasteiger partial charge in [0, 0.05) is 12.1 Å². The lowest BCUT2D eigenvalue weighted by Crippen LogP contribution is -2.16. The van der Waals surface area contributed by atoms with Gasteiger partial charge in [0.15, 0.2) is 0 Å². The highest BCUT2D eigenvalue weighted by atomic mass is 19.4. The number of alkyl halides is 3. The summed E-state index contributed by atoms with van der Waals surface area (Å²) in [4.78, 5) is 9.99. The lowest BCUT2D eigenvalue weighted by atomic mass is 10.2. The number of ether oxygens (including phenoxy) is 1. The molecule has 0 fully saturated rings. The fraction of sp³-hybridized carbons (Fsp3) is 0.0714. The van der Waals surface area contributed by atoms with Crippen LogP contribution < -0.4 is 10.2 Å². The van der Waals surface area contributed by atoms with Crippen LogP contribution in [0.4, 0.5) is 24.5 Å². The molecule has 0 spiro atoms. The van der Waals surface area contributed by atoms with Gasteiger partial charge in [-0.25, -0.2) is 0 Å². The maximum Gasteiger partial charge on any atom is 0.573 e. The highest BCUT2D eigenvalue weighted by Gasteiger charge is 2.30. The fourth-order valence-corrected chi connectivity index (χ4v) is 1.59. The molecule has 0 aromatic heterocycles. The van der Waals surface area contributed by atoms with Crippen molar-refractivity contribution in [3.05, 3.63) is 64.2 Å². The average Bonchev–Trinajstić information content (AvgIpc) is 2.48. The molecule has 2 aromatic rings. The number of hydrazone groups is 1. The molecule has 0 bridgehead atoms. The number of non-ortho nitro benzene ring substituents is 1. The zero-order chi connectivity index (χ0) is 16.9. The Kier molecular flexibility index (Phi) is 4.79. The summed E-state index contributed by atoms with van der Waals surface area (Å²) >= 11 is 0. The predicted octanol–water partition coefficient (Wildman–Crippen LogP) is 3.94. The first kappa shape index (κ1) is 16.3. The molecule has 120 valence electrons. The minimum absolute atomic E-state index is 0.0321. The Bertz CT molecular complexity index is 698. The second-order valence-corrected chi connectivity index (χ2v) is 4.29. The smallest absolute Gasteiger partial charge is 0.406 e. The molecule has 0 atom stereocenters. The second-order valence-electron chi connectivity index (χ2n) is 4.29. The molecule has 0 unspecified atom stereocenters. The van der Waals surface area contributed by atoms with Gasteiger partial charge in [-0.3, -0.25) is 15.5 Å². The number of nitrogens with zero attached hydrogens (tertiary/aromatic N) is 2. The number of nitro groups is 1. The average molecular weight is 325 g/mol. The minimum atomic E-state index is -4.73. The van der Waals surface area contributed by atoms with E-state index in [0.717, 1.165) is 12.1 Å². The topological polar surface area (TPSA) is 76.8 Å². The van der Waals surface area contributed by atoms with Gasteiger partial charge in [-0.15, -0.1) is 13.2 Å². The Hall–Kier alpha value is -3.10. The molecule has 0 heterocycles. The molecule has 0 saturated carbocycles. The van der Waals surface area contributed by atoms with Crippen molar-refractivity contribution in [2.24, 2.45) is 5.10 Å². The Morgan fingerprint density at radius 2 is 1.70 bits per heavy atom. The van der Waals surface area contributed by atoms with E-state index < -0.39 is 11.3 Å². The van der Waals surface area contributed by atoms with E-state index in [2.05, 4.69) is 15.3 Å². The normalized spacial score (nSPS) is 11.4. The Balaban J connectivity index is 1.93. The number of hydrogen-bond donors (Lipinski definition) is 1. The van der Waals surface area contributed by atoms with E-state index in [0.29, 0.717) is 11.3 Å². The first-order valence-corrected chi connectivity index (χ1v) is 6.23. The van der Waals surface area contributed by atoms with Crippen LogP contribution in [0.1, 0.15) is 5.56 Å². The van der Waals surface area contributed by atoms with Gasteiger partial charge in [0.1, 0.15) is 5.75 Å². The Labute approximate surface area is 128 Å². The lowest BCUT2D eigenvalue weighted by Gasteiger charge is -2.08. The van der Waals surface area contributed by atoms with Crippen molar-refractivity contribution in [2.45, 2.75) is 6.36 Å². The van der Waals surface area contributed by atoms with Crippen molar-refractivity contribution >= 4 is 17.6 Å². The van der Waals surface area contributed by atoms with Crippen molar-refractivity contribution in [1.82, 2.24) is 0 Å². The zero-order valence-electron chi connectivity index (χ0n) is 11.4. The Morgan fingerprint density at radius 1 is 1.09 bits per heavy atom. The van der Waals surface area contributed by atoms with Crippen LogP contribution in [0.25, 0.3) is 0 Å². The quantitative estimate of drug-likeness (QED) is 0.513. The monoisotopic (exact) mass is 325 g/mol. The molecule has 0 radical (unpaired) electrons. The first-order chi connectivity index (χ1) is 10.8. The molecule has 1 N–H and O–H groups in total. The van der Waals surface area contributed by atoms with Crippen LogP contribution >= 0.6 is 0 Å². The molecule has 0 aliphatic carbocycles. The molecular formula is C14H10F3N3O3. The number of nitro benzene ring substituents is 1. The van der Waals surface area contributed by atoms with Crippen LogP contribution in [0.3, 0.4) is 0 Å². The lowest BCUT2D eigenvalue weighted by molar-refractivity contribution is -0.384. The van der Waals surface area contributed by atoms with E-state index in [-0.39, 0.29) is 11.4 Å². The van der Waals surface area contributed by atoms with Gasteiger partial charge in [-0.1, -0.05) is 0 Å². The SMILES string of the molecule is O=[N+]([O-])c1ccc(/C=N/Nc2ccc(OC(F)(F)F)cc2)cc1. The number of rotatable bonds is 5. The standard InChI is InChI=1S/C14H10F3N3O3/c15-14(16,17)23-13-7-3-11(4-8-13)19-18-9-10-1-5-12(6-2-10)20(21)22/h1-9,19H/b18-9+. The maximum atomic E-state index is 12.0. The summed E-state index contributed by atoms with van der Waals surface area (Å²) in [5, 5.41) is 14.4. The van der Waals surface area contributed by atoms with Crippen LogP contribution in [0, 0.1) is 10.1 Å². The van der Waals surface area contributed by atoms with Crippen LogP contribution in [-0.2, 0) is 0 Å². The van der Waals surface area contributed by atoms with Crippen molar-refractivity contribution in [2.75, 3.05) is 5.43 Å². The molecule has 2 aromatic carbocycles. The first-order valence-electron chi connectivity index (χ1n) is 6.23. The van der Waals surface area contributed by atoms with E-state index in [1.54, 1.807) is 0 Å². The molecule has 0 saturated heterocycles. The number of halogens is 3. The summed E-state index contributed by atoms with van der Waals surface area (Å²) in [5.41, 5.74) is 3.67. The van der Waals surface area contributed by atoms with Gasteiger partial charge < -0.3 is 4.74 Å². The molecule has 2 rings (SSSR count). The summed E-state index contributed by atoms with van der Waals surface area (Å²) in [6.07, 6.45) is -3.31. The number of nitrogens with one attached hydrogen (secondary N) is 1. The molecule has 9 heteroatoms. The zero-order valence-corrected chi connectivity index (χ0v) is 11.4. The molecule has 0 aliphatic rings. The van der Waals surface area contributed by atoms with E-state index in [4.69, 9.17) is 0 Å². The van der Waals surface area contributed by atoms with Crippen molar-refractivity contribution in [3.8, 4) is 5.75 Å². The Morgan fingerprint density at radius 3 is 2.22 bits per heavy atom. The summed E-state index contributed by atoms with van der Waals surface area (Å²) in [5.74, 6) is -0.331. The van der Waals surface area contributed by atoms with Gasteiger partial charge in [0.25, 0.3) is 5.69 Å². The van der Waals surface area contributed by atoms with Gasteiger partial charge in [-0.05, 0) is 42.0 Å². The van der Waals surface area contributed by atoms with Gasteiger partial charge in [-0.2, -0.15) is 5.10 Å². The molecule has 0 amide bonds. The second kappa shape index (κ2) is 6.77. The highest BCUT2D eigenvalue weighted by Crippen LogP contribution is 2.23. The van der Waals surface area contributed by atoms with Gasteiger partial charge in [0.2, 0.25) is 0 Å². The largest absolute Gasteiger partial charge is 0.573 e. The van der Waals surface area contributed by atoms with Crippen molar-refractivity contribution < 1.29 is 22.8 Å². The van der Waals surface area contributed by atoms with Crippen molar-refractivity contribution in [3.63, 3.8) is 0 Å². The molecular weight excluding hydrogens is 315 g/mol. The van der Waals surface area contributed by atoms with Gasteiger partial charge in [0.05, 0.1) is 16.8 Å². The third-order valence-electron chi connectivity index (χ3n) is 2.60. The van der Waals surface area contributed by atoms with Crippen LogP contribution in [0.15, 0.2) is 53.6 Å². The number of benzene rings is 2. The molecule has 6 nitrogen and oxygen atoms in total. The van der Waals surface area contributed by atoms with Crippen LogP contribution in [0.5, 0.6) is 5.75 Å². The van der Waals surface area contributed by atoms with Crippen LogP contribution in [-0.4, -0.2) is 17.5 Å². The summed E-state index contributed by atoms with van der Waals surface area (Å²) in [6.45, 7) is 0. The fourth-order valence-electron chi connectivity index (χ4n) is 1.59. The molecule has 23 heavy (non-hydrogen) atoms. The summed E-state index contributed by atoms with van der Waals surface area (Å²) in [7, 11) is 0. The summed E-state index contributed by atoms with van der Waals surface area (Å²) in [6, 6.07) is 10.7. The summed E-state index contributed by atoms with van der Waals surface area (Å²) < 4.78 is 39.8. The predicted molar refractivity (Wildman–Crippen MR) is 77.4 cm³/mol. The van der Waals surface area contributed by atoms with E-state index in [9.17, 15) is 23.3 Å². The molecule has 0 aliphatic heterocycles. The third kappa shape index (κ3) is 5.30. The van der Waals surface area contributed by atoms with Gasteiger partial charge >= 0.3 is 6.36 Å². The number of hydrogen-bond acceptors (Lipinski definition) is 5. The van der Waals surface area contributed by atoms with Crippen LogP contribution in [0.2, 0.25) is 0 Å². The minimum Gasteiger partial charge on any atom is -0.406 e. The van der Waals surface area contributed by atoms with E-state index in [1.807, 2.05) is 0 Å².